The van der Waals surface area contributed by atoms with E-state index in [0.29, 0.717) is 32.4 Å². The van der Waals surface area contributed by atoms with Crippen LogP contribution in [0.2, 0.25) is 0 Å². The summed E-state index contributed by atoms with van der Waals surface area (Å²) in [5, 5.41) is 7.07. The second-order valence-corrected chi connectivity index (χ2v) is 10.6. The molecule has 2 atom stereocenters. The topological polar surface area (TPSA) is 120 Å². The molecule has 4 aromatic rings. The minimum absolute atomic E-state index is 0.169. The molecule has 5 rings (SSSR count). The predicted molar refractivity (Wildman–Crippen MR) is 160 cm³/mol. The molecule has 0 fully saturated rings. The second-order valence-electron chi connectivity index (χ2n) is 10.6. The van der Waals surface area contributed by atoms with Crippen LogP contribution in [0, 0.1) is 0 Å². The van der Waals surface area contributed by atoms with Gasteiger partial charge in [0, 0.05) is 29.6 Å². The number of para-hydroxylation sites is 1. The lowest BCUT2D eigenvalue weighted by Crippen LogP contribution is -2.55. The van der Waals surface area contributed by atoms with E-state index in [-0.39, 0.29) is 30.7 Å². The fraction of sp³-hybridized carbons (Fsp3) is 0.303. The number of benzene rings is 3. The molecule has 1 aliphatic heterocycles. The summed E-state index contributed by atoms with van der Waals surface area (Å²) in [5.41, 5.74) is 10.5. The minimum Gasteiger partial charge on any atom is -0.357 e. The van der Waals surface area contributed by atoms with E-state index in [0.717, 1.165) is 39.7 Å². The number of rotatable bonds is 11. The Labute approximate surface area is 240 Å². The van der Waals surface area contributed by atoms with Crippen LogP contribution in [0.25, 0.3) is 10.9 Å². The van der Waals surface area contributed by atoms with E-state index in [1.54, 1.807) is 4.90 Å². The van der Waals surface area contributed by atoms with Crippen LogP contribution in [0.4, 0.5) is 0 Å². The Bertz CT molecular complexity index is 1480. The molecule has 0 spiro atoms. The summed E-state index contributed by atoms with van der Waals surface area (Å²) in [5.74, 6) is -0.702. The predicted octanol–water partition coefficient (Wildman–Crippen LogP) is 3.59. The number of unbranched alkanes of at least 4 members (excludes halogenated alkanes) is 1. The van der Waals surface area contributed by atoms with Gasteiger partial charge >= 0.3 is 0 Å². The Hall–Kier alpha value is -4.43. The third kappa shape index (κ3) is 6.84. The number of nitrogens with zero attached hydrogens (tertiary/aromatic N) is 1. The normalized spacial score (nSPS) is 15.7. The van der Waals surface area contributed by atoms with Gasteiger partial charge < -0.3 is 26.3 Å². The SMILES string of the molecule is NCCCC[C@@H](C(=O)NCc1ccccc1)N1Cc2[nH]c3ccccc3c2C[C@H](NC(=O)Cc2ccccc2)C1=O. The summed E-state index contributed by atoms with van der Waals surface area (Å²) in [7, 11) is 0. The zero-order valence-electron chi connectivity index (χ0n) is 23.1. The van der Waals surface area contributed by atoms with E-state index >= 15 is 0 Å². The molecule has 3 amide bonds. The smallest absolute Gasteiger partial charge is 0.246 e. The summed E-state index contributed by atoms with van der Waals surface area (Å²) in [6, 6.07) is 25.6. The Morgan fingerprint density at radius 1 is 0.927 bits per heavy atom. The molecule has 1 aromatic heterocycles. The van der Waals surface area contributed by atoms with Crippen molar-refractivity contribution in [1.29, 1.82) is 0 Å². The van der Waals surface area contributed by atoms with E-state index in [1.165, 1.54) is 0 Å². The van der Waals surface area contributed by atoms with Crippen molar-refractivity contribution in [3.8, 4) is 0 Å². The van der Waals surface area contributed by atoms with Crippen LogP contribution >= 0.6 is 0 Å². The third-order valence-electron chi connectivity index (χ3n) is 7.68. The third-order valence-corrected chi connectivity index (χ3v) is 7.68. The first-order valence-corrected chi connectivity index (χ1v) is 14.3. The van der Waals surface area contributed by atoms with Gasteiger partial charge in [0.15, 0.2) is 0 Å². The van der Waals surface area contributed by atoms with E-state index in [9.17, 15) is 14.4 Å². The van der Waals surface area contributed by atoms with E-state index < -0.39 is 12.1 Å². The zero-order valence-corrected chi connectivity index (χ0v) is 23.1. The molecule has 2 heterocycles. The summed E-state index contributed by atoms with van der Waals surface area (Å²) in [4.78, 5) is 46.1. The maximum Gasteiger partial charge on any atom is 0.246 e. The first kappa shape index (κ1) is 28.1. The van der Waals surface area contributed by atoms with Crippen LogP contribution in [0.3, 0.4) is 0 Å². The number of fused-ring (bicyclic) bond motifs is 3. The molecule has 0 radical (unpaired) electrons. The standard InChI is InChI=1S/C33H37N5O3/c34-18-10-9-17-30(32(40)35-21-24-13-5-2-6-14-24)38-22-29-26(25-15-7-8-16-27(25)36-29)20-28(33(38)41)37-31(39)19-23-11-3-1-4-12-23/h1-8,11-16,28,30,36H,9-10,17-22,34H2,(H,35,40)(H,37,39)/t28-,30-/m0/s1. The van der Waals surface area contributed by atoms with Gasteiger partial charge in [-0.25, -0.2) is 0 Å². The highest BCUT2D eigenvalue weighted by Gasteiger charge is 2.38. The second kappa shape index (κ2) is 13.3. The van der Waals surface area contributed by atoms with Crippen molar-refractivity contribution in [2.45, 2.75) is 57.3 Å². The summed E-state index contributed by atoms with van der Waals surface area (Å²) in [6.45, 7) is 1.13. The monoisotopic (exact) mass is 551 g/mol. The maximum absolute atomic E-state index is 14.2. The molecule has 3 aromatic carbocycles. The number of nitrogens with two attached hydrogens (primary N) is 1. The molecule has 8 heteroatoms. The zero-order chi connectivity index (χ0) is 28.6. The average Bonchev–Trinajstić information content (AvgIpc) is 3.28. The van der Waals surface area contributed by atoms with Crippen molar-refractivity contribution in [3.63, 3.8) is 0 Å². The molecule has 41 heavy (non-hydrogen) atoms. The van der Waals surface area contributed by atoms with Gasteiger partial charge in [0.2, 0.25) is 17.7 Å². The number of hydrogen-bond donors (Lipinski definition) is 4. The van der Waals surface area contributed by atoms with Crippen LogP contribution in [-0.2, 0) is 40.3 Å². The first-order valence-electron chi connectivity index (χ1n) is 14.3. The number of amides is 3. The highest BCUT2D eigenvalue weighted by atomic mass is 16.2. The van der Waals surface area contributed by atoms with Crippen molar-refractivity contribution in [2.24, 2.45) is 5.73 Å². The Balaban J connectivity index is 1.45. The number of carbonyl (C=O) groups excluding carboxylic acids is 3. The van der Waals surface area contributed by atoms with Gasteiger partial charge in [0.25, 0.3) is 0 Å². The molecule has 212 valence electrons. The van der Waals surface area contributed by atoms with Crippen LogP contribution in [0.15, 0.2) is 84.9 Å². The first-order chi connectivity index (χ1) is 20.0. The number of hydrogen-bond acceptors (Lipinski definition) is 4. The molecule has 8 nitrogen and oxygen atoms in total. The summed E-state index contributed by atoms with van der Waals surface area (Å²) < 4.78 is 0. The largest absolute Gasteiger partial charge is 0.357 e. The maximum atomic E-state index is 14.2. The van der Waals surface area contributed by atoms with Crippen molar-refractivity contribution in [3.05, 3.63) is 107 Å². The van der Waals surface area contributed by atoms with Crippen molar-refractivity contribution < 1.29 is 14.4 Å². The van der Waals surface area contributed by atoms with Gasteiger partial charge in [0.05, 0.1) is 13.0 Å². The number of aromatic amines is 1. The van der Waals surface area contributed by atoms with Crippen LogP contribution < -0.4 is 16.4 Å². The van der Waals surface area contributed by atoms with E-state index in [4.69, 9.17) is 5.73 Å². The lowest BCUT2D eigenvalue weighted by molar-refractivity contribution is -0.144. The van der Waals surface area contributed by atoms with Crippen LogP contribution in [0.1, 0.15) is 41.6 Å². The Kier molecular flexibility index (Phi) is 9.11. The Morgan fingerprint density at radius 3 is 2.34 bits per heavy atom. The number of nitrogens with one attached hydrogen (secondary N) is 3. The van der Waals surface area contributed by atoms with Crippen molar-refractivity contribution >= 4 is 28.6 Å². The van der Waals surface area contributed by atoms with Crippen molar-refractivity contribution in [2.75, 3.05) is 6.54 Å². The molecule has 0 saturated heterocycles. The molecule has 0 bridgehead atoms. The summed E-state index contributed by atoms with van der Waals surface area (Å²) in [6.07, 6.45) is 2.44. The number of carbonyl (C=O) groups is 3. The van der Waals surface area contributed by atoms with Crippen molar-refractivity contribution in [1.82, 2.24) is 20.5 Å². The van der Waals surface area contributed by atoms with Crippen LogP contribution in [-0.4, -0.2) is 46.2 Å². The average molecular weight is 552 g/mol. The van der Waals surface area contributed by atoms with Gasteiger partial charge in [-0.15, -0.1) is 0 Å². The van der Waals surface area contributed by atoms with Gasteiger partial charge in [0.1, 0.15) is 12.1 Å². The van der Waals surface area contributed by atoms with Gasteiger partial charge in [-0.1, -0.05) is 78.9 Å². The van der Waals surface area contributed by atoms with Crippen LogP contribution in [0.5, 0.6) is 0 Å². The lowest BCUT2D eigenvalue weighted by Gasteiger charge is -2.32. The number of H-pyrrole nitrogens is 1. The van der Waals surface area contributed by atoms with Gasteiger partial charge in [-0.2, -0.15) is 0 Å². The van der Waals surface area contributed by atoms with E-state index in [1.807, 2.05) is 84.9 Å². The molecule has 0 unspecified atom stereocenters. The molecule has 1 aliphatic rings. The quantitative estimate of drug-likeness (QED) is 0.213. The van der Waals surface area contributed by atoms with Gasteiger partial charge in [-0.05, 0) is 48.6 Å². The molecular weight excluding hydrogens is 514 g/mol. The molecule has 5 N–H and O–H groups in total. The Morgan fingerprint density at radius 2 is 1.61 bits per heavy atom. The minimum atomic E-state index is -0.800. The molecular formula is C33H37N5O3. The van der Waals surface area contributed by atoms with E-state index in [2.05, 4.69) is 15.6 Å². The molecule has 0 aliphatic carbocycles. The fourth-order valence-corrected chi connectivity index (χ4v) is 5.58. The number of aromatic nitrogens is 1. The highest BCUT2D eigenvalue weighted by Crippen LogP contribution is 2.29. The van der Waals surface area contributed by atoms with Gasteiger partial charge in [-0.3, -0.25) is 14.4 Å². The fourth-order valence-electron chi connectivity index (χ4n) is 5.58. The molecule has 0 saturated carbocycles. The summed E-state index contributed by atoms with van der Waals surface area (Å²) >= 11 is 0. The highest BCUT2D eigenvalue weighted by molar-refractivity contribution is 5.94. The lowest BCUT2D eigenvalue weighted by atomic mass is 10.0.